The van der Waals surface area contributed by atoms with Gasteiger partial charge in [0.25, 0.3) is 5.91 Å². The molecule has 1 unspecified atom stereocenters. The van der Waals surface area contributed by atoms with Crippen LogP contribution in [0.5, 0.6) is 0 Å². The molecule has 6 nitrogen and oxygen atoms in total. The fourth-order valence-electron chi connectivity index (χ4n) is 4.63. The van der Waals surface area contributed by atoms with Crippen molar-refractivity contribution < 1.29 is 14.4 Å². The fraction of sp³-hybridized carbons (Fsp3) is 0.321. The third kappa shape index (κ3) is 4.40. The van der Waals surface area contributed by atoms with Crippen LogP contribution in [0.2, 0.25) is 0 Å². The third-order valence-electron chi connectivity index (χ3n) is 6.36. The molecule has 0 aromatic heterocycles. The summed E-state index contributed by atoms with van der Waals surface area (Å²) >= 11 is 0. The first-order valence-electron chi connectivity index (χ1n) is 11.8. The van der Waals surface area contributed by atoms with Crippen LogP contribution in [0.1, 0.15) is 48.7 Å². The van der Waals surface area contributed by atoms with Gasteiger partial charge in [0.15, 0.2) is 0 Å². The van der Waals surface area contributed by atoms with E-state index < -0.39 is 6.04 Å². The summed E-state index contributed by atoms with van der Waals surface area (Å²) in [5.74, 6) is -0.625. The standard InChI is InChI=1S/C28H31N3O3/c1-5-23(27(33)29-18(2)3)30(16-21-11-7-6-10-19(21)4)25(32)17-31-24-15-9-13-20-12-8-14-22(26(20)24)28(31)34/h6-15,18,23H,5,16-17H2,1-4H3,(H,29,33). The number of carbonyl (C=O) groups excluding carboxylic acids is 3. The summed E-state index contributed by atoms with van der Waals surface area (Å²) in [4.78, 5) is 43.2. The van der Waals surface area contributed by atoms with Gasteiger partial charge in [-0.15, -0.1) is 0 Å². The van der Waals surface area contributed by atoms with Crippen LogP contribution in [-0.2, 0) is 16.1 Å². The minimum atomic E-state index is -0.634. The van der Waals surface area contributed by atoms with Crippen molar-refractivity contribution >= 4 is 34.2 Å². The second kappa shape index (κ2) is 9.67. The van der Waals surface area contributed by atoms with E-state index in [9.17, 15) is 14.4 Å². The maximum atomic E-state index is 13.8. The fourth-order valence-corrected chi connectivity index (χ4v) is 4.63. The number of rotatable bonds is 8. The molecule has 3 amide bonds. The summed E-state index contributed by atoms with van der Waals surface area (Å²) in [7, 11) is 0. The number of aryl methyl sites for hydroxylation is 1. The zero-order valence-electron chi connectivity index (χ0n) is 20.2. The number of carbonyl (C=O) groups is 3. The lowest BCUT2D eigenvalue weighted by molar-refractivity contribution is -0.140. The minimum absolute atomic E-state index is 0.0378. The van der Waals surface area contributed by atoms with Crippen LogP contribution >= 0.6 is 0 Å². The molecule has 0 bridgehead atoms. The second-order valence-electron chi connectivity index (χ2n) is 9.11. The summed E-state index contributed by atoms with van der Waals surface area (Å²) in [6.45, 7) is 7.88. The van der Waals surface area contributed by atoms with Gasteiger partial charge in [0.1, 0.15) is 12.6 Å². The van der Waals surface area contributed by atoms with Crippen molar-refractivity contribution in [2.24, 2.45) is 0 Å². The van der Waals surface area contributed by atoms with Crippen molar-refractivity contribution in [2.75, 3.05) is 11.4 Å². The summed E-state index contributed by atoms with van der Waals surface area (Å²) in [5, 5.41) is 4.79. The normalized spacial score (nSPS) is 13.4. The molecule has 3 aromatic carbocycles. The van der Waals surface area contributed by atoms with Gasteiger partial charge in [-0.2, -0.15) is 0 Å². The van der Waals surface area contributed by atoms with Crippen molar-refractivity contribution in [3.63, 3.8) is 0 Å². The molecule has 1 aliphatic rings. The van der Waals surface area contributed by atoms with E-state index in [0.29, 0.717) is 18.5 Å². The minimum Gasteiger partial charge on any atom is -0.352 e. The lowest BCUT2D eigenvalue weighted by atomic mass is 10.1. The first-order valence-corrected chi connectivity index (χ1v) is 11.8. The number of nitrogens with one attached hydrogen (secondary N) is 1. The molecule has 34 heavy (non-hydrogen) atoms. The van der Waals surface area contributed by atoms with Crippen molar-refractivity contribution in [1.29, 1.82) is 0 Å². The van der Waals surface area contributed by atoms with E-state index in [1.165, 1.54) is 4.90 Å². The number of nitrogens with zero attached hydrogens (tertiary/aromatic N) is 2. The second-order valence-corrected chi connectivity index (χ2v) is 9.11. The Morgan fingerprint density at radius 2 is 1.71 bits per heavy atom. The van der Waals surface area contributed by atoms with E-state index in [4.69, 9.17) is 0 Å². The molecule has 1 aliphatic heterocycles. The molecule has 0 saturated heterocycles. The van der Waals surface area contributed by atoms with Gasteiger partial charge in [0.05, 0.1) is 5.69 Å². The highest BCUT2D eigenvalue weighted by Crippen LogP contribution is 2.37. The number of hydrogen-bond donors (Lipinski definition) is 1. The molecular formula is C28H31N3O3. The lowest BCUT2D eigenvalue weighted by Crippen LogP contribution is -2.53. The van der Waals surface area contributed by atoms with Gasteiger partial charge < -0.3 is 10.2 Å². The van der Waals surface area contributed by atoms with E-state index in [2.05, 4.69) is 5.32 Å². The smallest absolute Gasteiger partial charge is 0.259 e. The molecule has 0 fully saturated rings. The molecular weight excluding hydrogens is 426 g/mol. The van der Waals surface area contributed by atoms with Crippen molar-refractivity contribution in [3.8, 4) is 0 Å². The predicted molar refractivity (Wildman–Crippen MR) is 135 cm³/mol. The monoisotopic (exact) mass is 457 g/mol. The van der Waals surface area contributed by atoms with E-state index in [-0.39, 0.29) is 30.3 Å². The molecule has 176 valence electrons. The molecule has 0 radical (unpaired) electrons. The highest BCUT2D eigenvalue weighted by Gasteiger charge is 2.35. The highest BCUT2D eigenvalue weighted by molar-refractivity contribution is 6.26. The van der Waals surface area contributed by atoms with Gasteiger partial charge in [-0.25, -0.2) is 0 Å². The van der Waals surface area contributed by atoms with Crippen LogP contribution in [-0.4, -0.2) is 41.2 Å². The SMILES string of the molecule is CCC(C(=O)NC(C)C)N(Cc1ccccc1C)C(=O)CN1C(=O)c2cccc3cccc1c23. The molecule has 0 saturated carbocycles. The Morgan fingerprint density at radius 3 is 2.38 bits per heavy atom. The van der Waals surface area contributed by atoms with E-state index >= 15 is 0 Å². The van der Waals surface area contributed by atoms with Crippen LogP contribution < -0.4 is 10.2 Å². The summed E-state index contributed by atoms with van der Waals surface area (Å²) < 4.78 is 0. The Balaban J connectivity index is 1.67. The molecule has 0 aliphatic carbocycles. The summed E-state index contributed by atoms with van der Waals surface area (Å²) in [6, 6.07) is 18.5. The van der Waals surface area contributed by atoms with Crippen LogP contribution in [0.3, 0.4) is 0 Å². The maximum Gasteiger partial charge on any atom is 0.259 e. The zero-order valence-corrected chi connectivity index (χ0v) is 20.2. The topological polar surface area (TPSA) is 69.7 Å². The maximum absolute atomic E-state index is 13.8. The quantitative estimate of drug-likeness (QED) is 0.544. The average Bonchev–Trinajstić information content (AvgIpc) is 3.07. The molecule has 1 atom stereocenters. The zero-order chi connectivity index (χ0) is 24.4. The van der Waals surface area contributed by atoms with Crippen molar-refractivity contribution in [2.45, 2.75) is 52.7 Å². The number of anilines is 1. The Hall–Kier alpha value is -3.67. The summed E-state index contributed by atoms with van der Waals surface area (Å²) in [6.07, 6.45) is 0.472. The molecule has 3 aromatic rings. The average molecular weight is 458 g/mol. The number of amides is 3. The van der Waals surface area contributed by atoms with Gasteiger partial charge in [0.2, 0.25) is 11.8 Å². The Morgan fingerprint density at radius 1 is 1.00 bits per heavy atom. The molecule has 1 heterocycles. The van der Waals surface area contributed by atoms with Gasteiger partial charge in [-0.05, 0) is 55.8 Å². The number of benzene rings is 3. The van der Waals surface area contributed by atoms with Gasteiger partial charge >= 0.3 is 0 Å². The van der Waals surface area contributed by atoms with E-state index in [0.717, 1.165) is 27.6 Å². The van der Waals surface area contributed by atoms with E-state index in [1.807, 2.05) is 82.3 Å². The Labute approximate surface area is 200 Å². The first-order chi connectivity index (χ1) is 16.3. The molecule has 0 spiro atoms. The Kier molecular flexibility index (Phi) is 6.68. The lowest BCUT2D eigenvalue weighted by Gasteiger charge is -2.33. The van der Waals surface area contributed by atoms with Gasteiger partial charge in [-0.1, -0.05) is 55.5 Å². The van der Waals surface area contributed by atoms with Gasteiger partial charge in [-0.3, -0.25) is 19.3 Å². The predicted octanol–water partition coefficient (Wildman–Crippen LogP) is 4.44. The molecule has 6 heteroatoms. The Bertz CT molecular complexity index is 1250. The van der Waals surface area contributed by atoms with Crippen LogP contribution in [0, 0.1) is 6.92 Å². The largest absolute Gasteiger partial charge is 0.352 e. The first kappa shape index (κ1) is 23.5. The molecule has 1 N–H and O–H groups in total. The van der Waals surface area contributed by atoms with Gasteiger partial charge in [0, 0.05) is 23.5 Å². The van der Waals surface area contributed by atoms with Crippen LogP contribution in [0.15, 0.2) is 60.7 Å². The third-order valence-corrected chi connectivity index (χ3v) is 6.36. The van der Waals surface area contributed by atoms with Crippen LogP contribution in [0.25, 0.3) is 10.8 Å². The number of hydrogen-bond acceptors (Lipinski definition) is 3. The highest BCUT2D eigenvalue weighted by atomic mass is 16.2. The summed E-state index contributed by atoms with van der Waals surface area (Å²) in [5.41, 5.74) is 3.37. The van der Waals surface area contributed by atoms with Crippen molar-refractivity contribution in [3.05, 3.63) is 77.4 Å². The van der Waals surface area contributed by atoms with Crippen molar-refractivity contribution in [1.82, 2.24) is 10.2 Å². The van der Waals surface area contributed by atoms with Crippen LogP contribution in [0.4, 0.5) is 5.69 Å². The molecule has 4 rings (SSSR count). The van der Waals surface area contributed by atoms with E-state index in [1.54, 1.807) is 11.0 Å².